The van der Waals surface area contributed by atoms with Gasteiger partial charge in [-0.1, -0.05) is 24.3 Å². The number of benzene rings is 1. The summed E-state index contributed by atoms with van der Waals surface area (Å²) in [4.78, 5) is 40.8. The van der Waals surface area contributed by atoms with Gasteiger partial charge in [0.2, 0.25) is 5.91 Å². The molecule has 2 aliphatic heterocycles. The van der Waals surface area contributed by atoms with Gasteiger partial charge in [0.25, 0.3) is 5.91 Å². The van der Waals surface area contributed by atoms with Gasteiger partial charge in [0.15, 0.2) is 0 Å². The van der Waals surface area contributed by atoms with Crippen LogP contribution < -0.4 is 5.32 Å². The number of carbonyl (C=O) groups is 3. The second-order valence-corrected chi connectivity index (χ2v) is 7.09. The van der Waals surface area contributed by atoms with E-state index in [0.717, 1.165) is 30.1 Å². The number of amides is 4. The van der Waals surface area contributed by atoms with Crippen LogP contribution in [-0.4, -0.2) is 65.8 Å². The first-order chi connectivity index (χ1) is 12.5. The molecule has 4 amide bonds. The molecule has 1 atom stereocenters. The molecule has 1 N–H and O–H groups in total. The van der Waals surface area contributed by atoms with Crippen molar-refractivity contribution in [3.8, 4) is 0 Å². The standard InChI is InChI=1S/C19H26N4O3/c1-21-16(18(25)22(2)19(21)26)11-17(24)20-12-14-6-5-7-15(10-14)13-23-8-3-4-9-23/h5-7,10,16H,3-4,8-9,11-13H2,1-2H3,(H,20,24)/t16-/m1/s1. The fourth-order valence-corrected chi connectivity index (χ4v) is 3.56. The summed E-state index contributed by atoms with van der Waals surface area (Å²) < 4.78 is 0. The molecule has 3 rings (SSSR count). The summed E-state index contributed by atoms with van der Waals surface area (Å²) in [5.74, 6) is -0.566. The topological polar surface area (TPSA) is 73.0 Å². The summed E-state index contributed by atoms with van der Waals surface area (Å²) >= 11 is 0. The minimum Gasteiger partial charge on any atom is -0.352 e. The van der Waals surface area contributed by atoms with Crippen molar-refractivity contribution < 1.29 is 14.4 Å². The lowest BCUT2D eigenvalue weighted by molar-refractivity contribution is -0.131. The number of urea groups is 1. The van der Waals surface area contributed by atoms with Crippen LogP contribution in [0.25, 0.3) is 0 Å². The molecule has 0 aromatic heterocycles. The Bertz CT molecular complexity index is 700. The molecule has 2 aliphatic rings. The second kappa shape index (κ2) is 7.86. The average Bonchev–Trinajstić information content (AvgIpc) is 3.20. The molecule has 7 nitrogen and oxygen atoms in total. The second-order valence-electron chi connectivity index (χ2n) is 7.09. The van der Waals surface area contributed by atoms with Crippen LogP contribution in [0, 0.1) is 0 Å². The molecule has 0 unspecified atom stereocenters. The van der Waals surface area contributed by atoms with Gasteiger partial charge in [-0.3, -0.25) is 19.4 Å². The van der Waals surface area contributed by atoms with Crippen molar-refractivity contribution in [2.75, 3.05) is 27.2 Å². The third-order valence-electron chi connectivity index (χ3n) is 5.14. The quantitative estimate of drug-likeness (QED) is 0.775. The van der Waals surface area contributed by atoms with E-state index in [4.69, 9.17) is 0 Å². The molecule has 1 aromatic rings. The van der Waals surface area contributed by atoms with Crippen molar-refractivity contribution in [1.82, 2.24) is 20.0 Å². The van der Waals surface area contributed by atoms with E-state index in [1.807, 2.05) is 12.1 Å². The molecule has 26 heavy (non-hydrogen) atoms. The van der Waals surface area contributed by atoms with E-state index in [9.17, 15) is 14.4 Å². The van der Waals surface area contributed by atoms with Crippen LogP contribution in [0.5, 0.6) is 0 Å². The third-order valence-corrected chi connectivity index (χ3v) is 5.14. The molecule has 140 valence electrons. The van der Waals surface area contributed by atoms with Crippen molar-refractivity contribution in [3.63, 3.8) is 0 Å². The predicted molar refractivity (Wildman–Crippen MR) is 97.1 cm³/mol. The summed E-state index contributed by atoms with van der Waals surface area (Å²) in [6.45, 7) is 3.66. The Morgan fingerprint density at radius 3 is 2.50 bits per heavy atom. The Labute approximate surface area is 153 Å². The number of likely N-dealkylation sites (tertiary alicyclic amines) is 1. The van der Waals surface area contributed by atoms with Crippen molar-refractivity contribution in [3.05, 3.63) is 35.4 Å². The number of carbonyl (C=O) groups excluding carboxylic acids is 3. The van der Waals surface area contributed by atoms with E-state index in [1.165, 1.54) is 30.4 Å². The molecule has 7 heteroatoms. The lowest BCUT2D eigenvalue weighted by atomic mass is 10.1. The number of nitrogens with one attached hydrogen (secondary N) is 1. The lowest BCUT2D eigenvalue weighted by Gasteiger charge is -2.16. The largest absolute Gasteiger partial charge is 0.352 e. The highest BCUT2D eigenvalue weighted by molar-refractivity contribution is 6.05. The minimum absolute atomic E-state index is 0.0150. The SMILES string of the molecule is CN1C(=O)[C@@H](CC(=O)NCc2cccc(CN3CCCC3)c2)N(C)C1=O. The first-order valence-corrected chi connectivity index (χ1v) is 9.07. The number of likely N-dealkylation sites (N-methyl/N-ethyl adjacent to an activating group) is 2. The van der Waals surface area contributed by atoms with Crippen molar-refractivity contribution >= 4 is 17.8 Å². The monoisotopic (exact) mass is 358 g/mol. The van der Waals surface area contributed by atoms with Crippen molar-refractivity contribution in [2.45, 2.75) is 38.4 Å². The van der Waals surface area contributed by atoms with Gasteiger partial charge >= 0.3 is 6.03 Å². The smallest absolute Gasteiger partial charge is 0.326 e. The summed E-state index contributed by atoms with van der Waals surface area (Å²) in [7, 11) is 2.98. The Morgan fingerprint density at radius 2 is 1.85 bits per heavy atom. The number of hydrogen-bond acceptors (Lipinski definition) is 4. The highest BCUT2D eigenvalue weighted by Gasteiger charge is 2.41. The molecule has 0 radical (unpaired) electrons. The maximum absolute atomic E-state index is 12.2. The lowest BCUT2D eigenvalue weighted by Crippen LogP contribution is -2.37. The van der Waals surface area contributed by atoms with E-state index in [2.05, 4.69) is 22.3 Å². The van der Waals surface area contributed by atoms with Crippen LogP contribution in [0.15, 0.2) is 24.3 Å². The number of rotatable bonds is 6. The van der Waals surface area contributed by atoms with Crippen LogP contribution in [0.4, 0.5) is 4.79 Å². The van der Waals surface area contributed by atoms with Gasteiger partial charge in [0.05, 0.1) is 6.42 Å². The molecule has 2 heterocycles. The summed E-state index contributed by atoms with van der Waals surface area (Å²) in [6.07, 6.45) is 2.52. The third kappa shape index (κ3) is 4.04. The van der Waals surface area contributed by atoms with E-state index >= 15 is 0 Å². The zero-order chi connectivity index (χ0) is 18.7. The molecule has 0 spiro atoms. The summed E-state index contributed by atoms with van der Waals surface area (Å²) in [5, 5.41) is 2.86. The van der Waals surface area contributed by atoms with E-state index < -0.39 is 6.04 Å². The summed E-state index contributed by atoms with van der Waals surface area (Å²) in [5.41, 5.74) is 2.28. The van der Waals surface area contributed by atoms with Gasteiger partial charge in [-0.15, -0.1) is 0 Å². The maximum Gasteiger partial charge on any atom is 0.326 e. The fraction of sp³-hybridized carbons (Fsp3) is 0.526. The Balaban J connectivity index is 1.51. The minimum atomic E-state index is -0.714. The fourth-order valence-electron chi connectivity index (χ4n) is 3.56. The first kappa shape index (κ1) is 18.4. The molecule has 2 fully saturated rings. The highest BCUT2D eigenvalue weighted by Crippen LogP contribution is 2.17. The van der Waals surface area contributed by atoms with Gasteiger partial charge in [0.1, 0.15) is 6.04 Å². The average molecular weight is 358 g/mol. The van der Waals surface area contributed by atoms with Crippen LogP contribution in [0.3, 0.4) is 0 Å². The van der Waals surface area contributed by atoms with Gasteiger partial charge in [-0.25, -0.2) is 4.79 Å². The molecule has 2 saturated heterocycles. The van der Waals surface area contributed by atoms with Crippen molar-refractivity contribution in [2.24, 2.45) is 0 Å². The predicted octanol–water partition coefficient (Wildman–Crippen LogP) is 1.18. The summed E-state index contributed by atoms with van der Waals surface area (Å²) in [6, 6.07) is 7.13. The number of imide groups is 1. The van der Waals surface area contributed by atoms with Crippen LogP contribution in [0.2, 0.25) is 0 Å². The van der Waals surface area contributed by atoms with Crippen LogP contribution in [0.1, 0.15) is 30.4 Å². The van der Waals surface area contributed by atoms with E-state index in [1.54, 1.807) is 7.05 Å². The molecule has 0 bridgehead atoms. The maximum atomic E-state index is 12.2. The zero-order valence-electron chi connectivity index (χ0n) is 15.4. The van der Waals surface area contributed by atoms with E-state index in [0.29, 0.717) is 6.54 Å². The molecule has 1 aromatic carbocycles. The van der Waals surface area contributed by atoms with Crippen LogP contribution in [-0.2, 0) is 22.7 Å². The Kier molecular flexibility index (Phi) is 5.56. The number of hydrogen-bond donors (Lipinski definition) is 1. The number of nitrogens with zero attached hydrogens (tertiary/aromatic N) is 3. The molecule has 0 aliphatic carbocycles. The van der Waals surface area contributed by atoms with Crippen LogP contribution >= 0.6 is 0 Å². The van der Waals surface area contributed by atoms with Gasteiger partial charge in [-0.05, 0) is 37.1 Å². The van der Waals surface area contributed by atoms with Gasteiger partial charge in [0, 0.05) is 27.2 Å². The van der Waals surface area contributed by atoms with Gasteiger partial charge < -0.3 is 10.2 Å². The normalized spacial score (nSPS) is 20.9. The Hall–Kier alpha value is -2.41. The first-order valence-electron chi connectivity index (χ1n) is 9.07. The molecule has 0 saturated carbocycles. The Morgan fingerprint density at radius 1 is 1.15 bits per heavy atom. The van der Waals surface area contributed by atoms with Crippen molar-refractivity contribution in [1.29, 1.82) is 0 Å². The van der Waals surface area contributed by atoms with Gasteiger partial charge in [-0.2, -0.15) is 0 Å². The van der Waals surface area contributed by atoms with E-state index in [-0.39, 0.29) is 24.3 Å². The molecular weight excluding hydrogens is 332 g/mol. The zero-order valence-corrected chi connectivity index (χ0v) is 15.4. The highest BCUT2D eigenvalue weighted by atomic mass is 16.2. The molecular formula is C19H26N4O3.